The Morgan fingerprint density at radius 1 is 1.12 bits per heavy atom. The maximum atomic E-state index is 12.4. The molecule has 138 valence electrons. The van der Waals surface area contributed by atoms with Gasteiger partial charge in [-0.3, -0.25) is 4.79 Å². The number of furan rings is 1. The van der Waals surface area contributed by atoms with Gasteiger partial charge < -0.3 is 19.5 Å². The lowest BCUT2D eigenvalue weighted by atomic mass is 10.2. The number of carbonyl (C=O) groups is 1. The van der Waals surface area contributed by atoms with Gasteiger partial charge in [0.05, 0.1) is 13.1 Å². The fourth-order valence-electron chi connectivity index (χ4n) is 3.66. The van der Waals surface area contributed by atoms with Crippen LogP contribution in [0.5, 0.6) is 0 Å². The number of piperazine rings is 1. The van der Waals surface area contributed by atoms with Gasteiger partial charge in [0, 0.05) is 37.8 Å². The quantitative estimate of drug-likeness (QED) is 0.868. The van der Waals surface area contributed by atoms with E-state index in [9.17, 15) is 4.79 Å². The Morgan fingerprint density at radius 3 is 2.54 bits per heavy atom. The molecule has 1 aromatic carbocycles. The van der Waals surface area contributed by atoms with E-state index in [0.717, 1.165) is 43.6 Å². The molecule has 2 aromatic rings. The fraction of sp³-hybridized carbons (Fsp3) is 0.476. The van der Waals surface area contributed by atoms with Crippen LogP contribution in [0.25, 0.3) is 0 Å². The number of benzene rings is 1. The van der Waals surface area contributed by atoms with Crippen molar-refractivity contribution in [3.63, 3.8) is 0 Å². The minimum atomic E-state index is 0.167. The molecule has 4 rings (SSSR count). The van der Waals surface area contributed by atoms with Gasteiger partial charge in [0.25, 0.3) is 0 Å². The summed E-state index contributed by atoms with van der Waals surface area (Å²) in [4.78, 5) is 16.7. The molecule has 2 aliphatic rings. The zero-order valence-corrected chi connectivity index (χ0v) is 15.4. The highest BCUT2D eigenvalue weighted by Crippen LogP contribution is 2.47. The molecule has 2 fully saturated rings. The van der Waals surface area contributed by atoms with Crippen LogP contribution >= 0.6 is 0 Å². The van der Waals surface area contributed by atoms with Crippen molar-refractivity contribution in [2.45, 2.75) is 25.8 Å². The minimum absolute atomic E-state index is 0.167. The molecule has 2 unspecified atom stereocenters. The Morgan fingerprint density at radius 2 is 1.85 bits per heavy atom. The molecule has 0 radical (unpaired) electrons. The van der Waals surface area contributed by atoms with Crippen LogP contribution < -0.4 is 10.2 Å². The Hall–Kier alpha value is -2.27. The highest BCUT2D eigenvalue weighted by atomic mass is 16.3. The van der Waals surface area contributed by atoms with Gasteiger partial charge in [0.15, 0.2) is 0 Å². The largest absolute Gasteiger partial charge is 0.464 e. The number of para-hydroxylation sites is 1. The number of nitrogens with one attached hydrogen (secondary N) is 1. The monoisotopic (exact) mass is 353 g/mol. The summed E-state index contributed by atoms with van der Waals surface area (Å²) in [5.41, 5.74) is 1.23. The number of amides is 1. The van der Waals surface area contributed by atoms with Crippen LogP contribution in [0.2, 0.25) is 0 Å². The molecule has 1 aromatic heterocycles. The van der Waals surface area contributed by atoms with E-state index in [0.29, 0.717) is 19.0 Å². The standard InChI is InChI=1S/C21H27N3O2/c1-16-13-19(16)20-8-7-18(26-20)14-22-15-21(25)24-11-9-23(10-12-24)17-5-3-2-4-6-17/h2-8,16,19,22H,9-15H2,1H3. The van der Waals surface area contributed by atoms with E-state index in [2.05, 4.69) is 47.5 Å². The normalized spacial score (nSPS) is 22.5. The smallest absolute Gasteiger partial charge is 0.236 e. The number of hydrogen-bond donors (Lipinski definition) is 1. The summed E-state index contributed by atoms with van der Waals surface area (Å²) in [5.74, 6) is 3.53. The van der Waals surface area contributed by atoms with Crippen LogP contribution in [0.3, 0.4) is 0 Å². The highest BCUT2D eigenvalue weighted by molar-refractivity contribution is 5.78. The van der Waals surface area contributed by atoms with Gasteiger partial charge in [0.1, 0.15) is 11.5 Å². The molecule has 2 atom stereocenters. The van der Waals surface area contributed by atoms with E-state index in [4.69, 9.17) is 4.42 Å². The van der Waals surface area contributed by atoms with E-state index in [1.54, 1.807) is 0 Å². The molecule has 0 bridgehead atoms. The van der Waals surface area contributed by atoms with Gasteiger partial charge >= 0.3 is 0 Å². The summed E-state index contributed by atoms with van der Waals surface area (Å²) < 4.78 is 5.87. The Labute approximate surface area is 155 Å². The number of nitrogens with zero attached hydrogens (tertiary/aromatic N) is 2. The van der Waals surface area contributed by atoms with Crippen LogP contribution in [-0.2, 0) is 11.3 Å². The molecule has 1 aliphatic heterocycles. The second-order valence-corrected chi connectivity index (χ2v) is 7.43. The molecule has 1 N–H and O–H groups in total. The molecule has 5 nitrogen and oxygen atoms in total. The summed E-state index contributed by atoms with van der Waals surface area (Å²) in [5, 5.41) is 3.23. The summed E-state index contributed by atoms with van der Waals surface area (Å²) in [6, 6.07) is 14.5. The molecular weight excluding hydrogens is 326 g/mol. The van der Waals surface area contributed by atoms with Crippen molar-refractivity contribution < 1.29 is 9.21 Å². The first kappa shape index (κ1) is 17.2. The zero-order chi connectivity index (χ0) is 17.9. The van der Waals surface area contributed by atoms with Crippen molar-refractivity contribution in [2.24, 2.45) is 5.92 Å². The average molecular weight is 353 g/mol. The Balaban J connectivity index is 1.19. The summed E-state index contributed by atoms with van der Waals surface area (Å²) in [6.07, 6.45) is 1.23. The maximum absolute atomic E-state index is 12.4. The molecular formula is C21H27N3O2. The topological polar surface area (TPSA) is 48.7 Å². The molecule has 1 amide bonds. The van der Waals surface area contributed by atoms with Crippen molar-refractivity contribution >= 4 is 11.6 Å². The Bertz CT molecular complexity index is 735. The number of carbonyl (C=O) groups excluding carboxylic acids is 1. The predicted molar refractivity (Wildman–Crippen MR) is 102 cm³/mol. The summed E-state index contributed by atoms with van der Waals surface area (Å²) in [7, 11) is 0. The maximum Gasteiger partial charge on any atom is 0.236 e. The van der Waals surface area contributed by atoms with Crippen molar-refractivity contribution in [1.82, 2.24) is 10.2 Å². The van der Waals surface area contributed by atoms with Crippen LogP contribution in [0, 0.1) is 5.92 Å². The Kier molecular flexibility index (Phi) is 4.98. The first-order valence-electron chi connectivity index (χ1n) is 9.58. The minimum Gasteiger partial charge on any atom is -0.464 e. The van der Waals surface area contributed by atoms with E-state index < -0.39 is 0 Å². The van der Waals surface area contributed by atoms with Gasteiger partial charge in [0.2, 0.25) is 5.91 Å². The third-order valence-corrected chi connectivity index (χ3v) is 5.49. The number of rotatable bonds is 6. The summed E-state index contributed by atoms with van der Waals surface area (Å²) >= 11 is 0. The lowest BCUT2D eigenvalue weighted by Gasteiger charge is -2.36. The second kappa shape index (κ2) is 7.54. The summed E-state index contributed by atoms with van der Waals surface area (Å²) in [6.45, 7) is 6.55. The number of hydrogen-bond acceptors (Lipinski definition) is 4. The molecule has 5 heteroatoms. The first-order valence-corrected chi connectivity index (χ1v) is 9.58. The van der Waals surface area contributed by atoms with E-state index in [1.165, 1.54) is 12.1 Å². The third kappa shape index (κ3) is 3.93. The van der Waals surface area contributed by atoms with E-state index in [1.807, 2.05) is 17.0 Å². The van der Waals surface area contributed by atoms with Gasteiger partial charge in [-0.2, -0.15) is 0 Å². The first-order chi connectivity index (χ1) is 12.7. The molecule has 26 heavy (non-hydrogen) atoms. The van der Waals surface area contributed by atoms with Gasteiger partial charge in [-0.1, -0.05) is 25.1 Å². The van der Waals surface area contributed by atoms with Crippen molar-refractivity contribution in [3.8, 4) is 0 Å². The van der Waals surface area contributed by atoms with E-state index >= 15 is 0 Å². The second-order valence-electron chi connectivity index (χ2n) is 7.43. The average Bonchev–Trinajstić information content (AvgIpc) is 3.23. The fourth-order valence-corrected chi connectivity index (χ4v) is 3.66. The van der Waals surface area contributed by atoms with Crippen LogP contribution in [0.1, 0.15) is 30.8 Å². The van der Waals surface area contributed by atoms with E-state index in [-0.39, 0.29) is 5.91 Å². The van der Waals surface area contributed by atoms with Crippen LogP contribution in [0.4, 0.5) is 5.69 Å². The number of anilines is 1. The van der Waals surface area contributed by atoms with Crippen molar-refractivity contribution in [3.05, 3.63) is 54.0 Å². The van der Waals surface area contributed by atoms with Crippen molar-refractivity contribution in [1.29, 1.82) is 0 Å². The van der Waals surface area contributed by atoms with Crippen molar-refractivity contribution in [2.75, 3.05) is 37.6 Å². The predicted octanol–water partition coefficient (Wildman–Crippen LogP) is 2.84. The SMILES string of the molecule is CC1CC1c1ccc(CNCC(=O)N2CCN(c3ccccc3)CC2)o1. The van der Waals surface area contributed by atoms with Crippen LogP contribution in [0.15, 0.2) is 46.9 Å². The molecule has 1 saturated carbocycles. The molecule has 1 saturated heterocycles. The van der Waals surface area contributed by atoms with Gasteiger partial charge in [-0.05, 0) is 36.6 Å². The molecule has 1 aliphatic carbocycles. The molecule has 2 heterocycles. The zero-order valence-electron chi connectivity index (χ0n) is 15.4. The van der Waals surface area contributed by atoms with Gasteiger partial charge in [-0.25, -0.2) is 0 Å². The third-order valence-electron chi connectivity index (χ3n) is 5.49. The van der Waals surface area contributed by atoms with Gasteiger partial charge in [-0.15, -0.1) is 0 Å². The van der Waals surface area contributed by atoms with Crippen LogP contribution in [-0.4, -0.2) is 43.5 Å². The lowest BCUT2D eigenvalue weighted by molar-refractivity contribution is -0.130. The highest BCUT2D eigenvalue weighted by Gasteiger charge is 2.36. The lowest BCUT2D eigenvalue weighted by Crippen LogP contribution is -2.50. The molecule has 0 spiro atoms.